The molecular weight excluding hydrogens is 318 g/mol. The van der Waals surface area contributed by atoms with Crippen molar-refractivity contribution in [3.8, 4) is 0 Å². The van der Waals surface area contributed by atoms with E-state index in [0.29, 0.717) is 19.4 Å². The van der Waals surface area contributed by atoms with Crippen molar-refractivity contribution in [2.75, 3.05) is 6.61 Å². The molecule has 0 aliphatic heterocycles. The summed E-state index contributed by atoms with van der Waals surface area (Å²) in [6.07, 6.45) is 1.75. The van der Waals surface area contributed by atoms with Crippen LogP contribution in [0.4, 0.5) is 8.78 Å². The number of rotatable bonds is 4. The average molecular weight is 335 g/mol. The molecule has 1 aromatic carbocycles. The molecule has 19 heavy (non-hydrogen) atoms. The molecule has 0 bridgehead atoms. The predicted molar refractivity (Wildman–Crippen MR) is 71.8 cm³/mol. The number of benzene rings is 1. The quantitative estimate of drug-likeness (QED) is 0.839. The van der Waals surface area contributed by atoms with Crippen molar-refractivity contribution < 1.29 is 18.6 Å². The van der Waals surface area contributed by atoms with Gasteiger partial charge in [0.1, 0.15) is 17.7 Å². The Hall–Kier alpha value is -0.520. The molecule has 0 aromatic heterocycles. The highest BCUT2D eigenvalue weighted by atomic mass is 79.9. The number of halogens is 3. The Balaban J connectivity index is 2.42. The molecule has 1 unspecified atom stereocenters. The lowest BCUT2D eigenvalue weighted by molar-refractivity contribution is -0.120. The van der Waals surface area contributed by atoms with Gasteiger partial charge in [-0.3, -0.25) is 0 Å². The number of hydrogen-bond acceptors (Lipinski definition) is 2. The van der Waals surface area contributed by atoms with Gasteiger partial charge in [0.25, 0.3) is 0 Å². The van der Waals surface area contributed by atoms with E-state index in [1.54, 1.807) is 0 Å². The molecule has 2 rings (SSSR count). The first-order chi connectivity index (χ1) is 9.02. The molecule has 0 saturated heterocycles. The van der Waals surface area contributed by atoms with E-state index in [4.69, 9.17) is 4.74 Å². The largest absolute Gasteiger partial charge is 0.385 e. The smallest absolute Gasteiger partial charge is 0.146 e. The number of ether oxygens (including phenoxy) is 1. The van der Waals surface area contributed by atoms with Crippen LogP contribution >= 0.6 is 15.9 Å². The molecule has 1 aliphatic carbocycles. The highest BCUT2D eigenvalue weighted by Crippen LogP contribution is 2.44. The van der Waals surface area contributed by atoms with Gasteiger partial charge < -0.3 is 9.84 Å². The highest BCUT2D eigenvalue weighted by Gasteiger charge is 2.44. The van der Waals surface area contributed by atoms with E-state index >= 15 is 0 Å². The van der Waals surface area contributed by atoms with E-state index in [0.717, 1.165) is 18.9 Å². The Morgan fingerprint density at radius 1 is 1.37 bits per heavy atom. The van der Waals surface area contributed by atoms with Gasteiger partial charge in [0.2, 0.25) is 0 Å². The predicted octanol–water partition coefficient (Wildman–Crippen LogP) is 4.11. The summed E-state index contributed by atoms with van der Waals surface area (Å²) in [5, 5.41) is 10.5. The third kappa shape index (κ3) is 2.69. The molecule has 0 radical (unpaired) electrons. The third-order valence-electron chi connectivity index (χ3n) is 3.73. The maximum absolute atomic E-state index is 14.1. The van der Waals surface area contributed by atoms with Crippen LogP contribution in [0.5, 0.6) is 0 Å². The van der Waals surface area contributed by atoms with Crippen LogP contribution in [0.25, 0.3) is 0 Å². The van der Waals surface area contributed by atoms with E-state index in [2.05, 4.69) is 15.9 Å². The van der Waals surface area contributed by atoms with Crippen molar-refractivity contribution in [3.63, 3.8) is 0 Å². The first-order valence-electron chi connectivity index (χ1n) is 6.47. The lowest BCUT2D eigenvalue weighted by atomic mass is 9.88. The summed E-state index contributed by atoms with van der Waals surface area (Å²) in [5.41, 5.74) is -1.17. The summed E-state index contributed by atoms with van der Waals surface area (Å²) in [6.45, 7) is 2.23. The molecule has 1 atom stereocenters. The Kier molecular flexibility index (Phi) is 4.58. The van der Waals surface area contributed by atoms with Crippen molar-refractivity contribution in [3.05, 3.63) is 33.8 Å². The zero-order chi connectivity index (χ0) is 14.0. The van der Waals surface area contributed by atoms with Gasteiger partial charge in [-0.25, -0.2) is 8.78 Å². The molecular formula is C14H17BrF2O2. The lowest BCUT2D eigenvalue weighted by Gasteiger charge is -2.34. The van der Waals surface area contributed by atoms with Gasteiger partial charge in [-0.2, -0.15) is 0 Å². The van der Waals surface area contributed by atoms with E-state index < -0.39 is 23.3 Å². The van der Waals surface area contributed by atoms with Gasteiger partial charge in [-0.15, -0.1) is 0 Å². The van der Waals surface area contributed by atoms with Crippen LogP contribution in [0.15, 0.2) is 16.6 Å². The normalized spacial score (nSPS) is 19.6. The van der Waals surface area contributed by atoms with Gasteiger partial charge >= 0.3 is 0 Å². The molecule has 1 saturated carbocycles. The average Bonchev–Trinajstić information content (AvgIpc) is 2.84. The lowest BCUT2D eigenvalue weighted by Crippen LogP contribution is -2.37. The molecule has 0 heterocycles. The van der Waals surface area contributed by atoms with E-state index in [1.165, 1.54) is 6.07 Å². The highest BCUT2D eigenvalue weighted by molar-refractivity contribution is 9.10. The second-order valence-electron chi connectivity index (χ2n) is 4.86. The summed E-state index contributed by atoms with van der Waals surface area (Å²) < 4.78 is 33.7. The Bertz CT molecular complexity index is 459. The van der Waals surface area contributed by atoms with Crippen molar-refractivity contribution in [1.29, 1.82) is 0 Å². The summed E-state index contributed by atoms with van der Waals surface area (Å²) in [5.74, 6) is -1.49. The fourth-order valence-corrected chi connectivity index (χ4v) is 3.16. The van der Waals surface area contributed by atoms with Crippen molar-refractivity contribution in [1.82, 2.24) is 0 Å². The molecule has 1 aliphatic rings. The Morgan fingerprint density at radius 2 is 2.00 bits per heavy atom. The molecule has 5 heteroatoms. The van der Waals surface area contributed by atoms with Crippen LogP contribution in [-0.4, -0.2) is 17.3 Å². The maximum Gasteiger partial charge on any atom is 0.146 e. The van der Waals surface area contributed by atoms with Crippen LogP contribution in [0.3, 0.4) is 0 Å². The Morgan fingerprint density at radius 3 is 2.58 bits per heavy atom. The molecule has 1 N–H and O–H groups in total. The molecule has 106 valence electrons. The fourth-order valence-electron chi connectivity index (χ4n) is 2.81. The van der Waals surface area contributed by atoms with Crippen molar-refractivity contribution in [2.24, 2.45) is 0 Å². The summed E-state index contributed by atoms with van der Waals surface area (Å²) in [4.78, 5) is 0. The van der Waals surface area contributed by atoms with Crippen molar-refractivity contribution in [2.45, 2.75) is 44.3 Å². The molecule has 2 nitrogen and oxygen atoms in total. The summed E-state index contributed by atoms with van der Waals surface area (Å²) >= 11 is 3.02. The van der Waals surface area contributed by atoms with Crippen LogP contribution < -0.4 is 0 Å². The number of hydrogen-bond donors (Lipinski definition) is 1. The van der Waals surface area contributed by atoms with Crippen LogP contribution in [0.1, 0.15) is 44.3 Å². The monoisotopic (exact) mass is 334 g/mol. The molecule has 1 fully saturated rings. The molecule has 1 aromatic rings. The number of aliphatic hydroxyl groups is 1. The topological polar surface area (TPSA) is 29.5 Å². The summed E-state index contributed by atoms with van der Waals surface area (Å²) in [7, 11) is 0. The van der Waals surface area contributed by atoms with Gasteiger partial charge in [0.15, 0.2) is 0 Å². The molecule has 0 amide bonds. The summed E-state index contributed by atoms with van der Waals surface area (Å²) in [6, 6.07) is 2.45. The standard InChI is InChI=1S/C14H17BrF2O2/c1-2-19-14(7-3-4-8-14)13(18)11-10(16)6-5-9(15)12(11)17/h5-6,13,18H,2-4,7-8H2,1H3. The molecule has 0 spiro atoms. The van der Waals surface area contributed by atoms with Crippen LogP contribution in [0, 0.1) is 11.6 Å². The van der Waals surface area contributed by atoms with Gasteiger partial charge in [0, 0.05) is 6.61 Å². The van der Waals surface area contributed by atoms with E-state index in [-0.39, 0.29) is 10.0 Å². The maximum atomic E-state index is 14.1. The minimum Gasteiger partial charge on any atom is -0.385 e. The van der Waals surface area contributed by atoms with Crippen LogP contribution in [0.2, 0.25) is 0 Å². The van der Waals surface area contributed by atoms with Gasteiger partial charge in [-0.05, 0) is 47.8 Å². The first-order valence-corrected chi connectivity index (χ1v) is 7.26. The van der Waals surface area contributed by atoms with Gasteiger partial charge in [-0.1, -0.05) is 12.8 Å². The Labute approximate surface area is 119 Å². The fraction of sp³-hybridized carbons (Fsp3) is 0.571. The SMILES string of the molecule is CCOC1(C(O)c2c(F)ccc(Br)c2F)CCCC1. The van der Waals surface area contributed by atoms with Gasteiger partial charge in [0.05, 0.1) is 15.6 Å². The second-order valence-corrected chi connectivity index (χ2v) is 5.72. The van der Waals surface area contributed by atoms with E-state index in [1.807, 2.05) is 6.92 Å². The minimum absolute atomic E-state index is 0.146. The number of aliphatic hydroxyl groups excluding tert-OH is 1. The van der Waals surface area contributed by atoms with Crippen LogP contribution in [-0.2, 0) is 4.74 Å². The van der Waals surface area contributed by atoms with E-state index in [9.17, 15) is 13.9 Å². The third-order valence-corrected chi connectivity index (χ3v) is 4.35. The minimum atomic E-state index is -1.28. The second kappa shape index (κ2) is 5.85. The first kappa shape index (κ1) is 14.9. The zero-order valence-electron chi connectivity index (χ0n) is 10.8. The van der Waals surface area contributed by atoms with Crippen molar-refractivity contribution >= 4 is 15.9 Å². The zero-order valence-corrected chi connectivity index (χ0v) is 12.3.